The summed E-state index contributed by atoms with van der Waals surface area (Å²) in [5.41, 5.74) is 2.37. The quantitative estimate of drug-likeness (QED) is 0.920. The van der Waals surface area contributed by atoms with Gasteiger partial charge in [0.25, 0.3) is 0 Å². The van der Waals surface area contributed by atoms with Crippen molar-refractivity contribution in [1.82, 2.24) is 0 Å². The Hall–Kier alpha value is -2.04. The van der Waals surface area contributed by atoms with Gasteiger partial charge in [0.2, 0.25) is 0 Å². The zero-order chi connectivity index (χ0) is 16.2. The van der Waals surface area contributed by atoms with E-state index in [-0.39, 0.29) is 12.2 Å². The molecule has 2 aromatic carbocycles. The van der Waals surface area contributed by atoms with Crippen LogP contribution < -0.4 is 9.47 Å². The molecule has 0 aromatic heterocycles. The van der Waals surface area contributed by atoms with Gasteiger partial charge in [-0.05, 0) is 38.1 Å². The fourth-order valence-electron chi connectivity index (χ4n) is 2.57. The summed E-state index contributed by atoms with van der Waals surface area (Å²) in [6.45, 7) is 4.41. The fourth-order valence-corrected chi connectivity index (χ4v) is 2.57. The summed E-state index contributed by atoms with van der Waals surface area (Å²) in [6, 6.07) is 15.7. The van der Waals surface area contributed by atoms with Crippen molar-refractivity contribution < 1.29 is 19.3 Å². The molecule has 1 N–H and O–H groups in total. The van der Waals surface area contributed by atoms with Gasteiger partial charge in [-0.2, -0.15) is 0 Å². The molecule has 0 saturated carbocycles. The van der Waals surface area contributed by atoms with Crippen molar-refractivity contribution in [2.24, 2.45) is 0 Å². The third-order valence-electron chi connectivity index (χ3n) is 3.92. The molecule has 1 fully saturated rings. The van der Waals surface area contributed by atoms with Crippen LogP contribution in [0.4, 0.5) is 0 Å². The van der Waals surface area contributed by atoms with Gasteiger partial charge in [0, 0.05) is 6.42 Å². The highest BCUT2D eigenvalue weighted by molar-refractivity contribution is 5.27. The van der Waals surface area contributed by atoms with Gasteiger partial charge in [0.15, 0.2) is 6.29 Å². The molecular formula is C19H22O4. The minimum Gasteiger partial charge on any atom is -0.491 e. The fraction of sp³-hybridized carbons (Fsp3) is 0.368. The Morgan fingerprint density at radius 1 is 0.957 bits per heavy atom. The summed E-state index contributed by atoms with van der Waals surface area (Å²) in [5, 5.41) is 9.77. The molecule has 3 atom stereocenters. The van der Waals surface area contributed by atoms with E-state index in [1.165, 1.54) is 11.1 Å². The van der Waals surface area contributed by atoms with Crippen LogP contribution in [0.3, 0.4) is 0 Å². The summed E-state index contributed by atoms with van der Waals surface area (Å²) in [6.07, 6.45) is -0.890. The molecule has 3 rings (SSSR count). The van der Waals surface area contributed by atoms with Crippen molar-refractivity contribution in [3.63, 3.8) is 0 Å². The lowest BCUT2D eigenvalue weighted by molar-refractivity contribution is -0.103. The normalized spacial score (nSPS) is 23.7. The standard InChI is InChI=1S/C19H22O4/c1-13-3-7-15(8-4-13)21-12-18-17(11-19(20)23-18)22-16-9-5-14(2)6-10-16/h3-10,17-20H,11-12H2,1-2H3/t17-,18+,19+/m0/s1. The third-order valence-corrected chi connectivity index (χ3v) is 3.92. The minimum atomic E-state index is -0.808. The summed E-state index contributed by atoms with van der Waals surface area (Å²) >= 11 is 0. The van der Waals surface area contributed by atoms with Gasteiger partial charge in [-0.15, -0.1) is 0 Å². The summed E-state index contributed by atoms with van der Waals surface area (Å²) in [4.78, 5) is 0. The average molecular weight is 314 g/mol. The first-order chi connectivity index (χ1) is 11.1. The SMILES string of the molecule is Cc1ccc(OC[C@H]2O[C@@H](O)C[C@@H]2Oc2ccc(C)cc2)cc1. The van der Waals surface area contributed by atoms with E-state index in [0.29, 0.717) is 13.0 Å². The van der Waals surface area contributed by atoms with Crippen LogP contribution in [-0.4, -0.2) is 30.2 Å². The van der Waals surface area contributed by atoms with Crippen molar-refractivity contribution in [2.45, 2.75) is 38.8 Å². The number of ether oxygens (including phenoxy) is 3. The van der Waals surface area contributed by atoms with E-state index in [4.69, 9.17) is 14.2 Å². The van der Waals surface area contributed by atoms with Crippen molar-refractivity contribution >= 4 is 0 Å². The van der Waals surface area contributed by atoms with E-state index in [9.17, 15) is 5.11 Å². The maximum Gasteiger partial charge on any atom is 0.158 e. The first kappa shape index (κ1) is 15.8. The molecule has 4 heteroatoms. The molecule has 0 spiro atoms. The van der Waals surface area contributed by atoms with Gasteiger partial charge in [0.05, 0.1) is 0 Å². The van der Waals surface area contributed by atoms with Crippen LogP contribution in [0.25, 0.3) is 0 Å². The van der Waals surface area contributed by atoms with Crippen LogP contribution in [0.5, 0.6) is 11.5 Å². The molecule has 1 aliphatic heterocycles. The second kappa shape index (κ2) is 7.02. The number of benzene rings is 2. The number of aliphatic hydroxyl groups is 1. The van der Waals surface area contributed by atoms with Crippen molar-refractivity contribution in [1.29, 1.82) is 0 Å². The predicted molar refractivity (Wildman–Crippen MR) is 87.8 cm³/mol. The highest BCUT2D eigenvalue weighted by Crippen LogP contribution is 2.25. The first-order valence-electron chi connectivity index (χ1n) is 7.86. The van der Waals surface area contributed by atoms with E-state index in [1.54, 1.807) is 0 Å². The van der Waals surface area contributed by atoms with Gasteiger partial charge >= 0.3 is 0 Å². The molecule has 23 heavy (non-hydrogen) atoms. The number of aliphatic hydroxyl groups excluding tert-OH is 1. The van der Waals surface area contributed by atoms with E-state index in [0.717, 1.165) is 11.5 Å². The van der Waals surface area contributed by atoms with Crippen LogP contribution in [0.1, 0.15) is 17.5 Å². The van der Waals surface area contributed by atoms with Crippen molar-refractivity contribution in [2.75, 3.05) is 6.61 Å². The Balaban J connectivity index is 1.60. The van der Waals surface area contributed by atoms with Crippen LogP contribution in [0, 0.1) is 13.8 Å². The summed E-state index contributed by atoms with van der Waals surface area (Å²) in [7, 11) is 0. The zero-order valence-corrected chi connectivity index (χ0v) is 13.4. The molecule has 0 unspecified atom stereocenters. The average Bonchev–Trinajstić information content (AvgIpc) is 2.89. The van der Waals surface area contributed by atoms with Crippen LogP contribution in [0.15, 0.2) is 48.5 Å². The van der Waals surface area contributed by atoms with E-state index >= 15 is 0 Å². The Morgan fingerprint density at radius 3 is 2.13 bits per heavy atom. The zero-order valence-electron chi connectivity index (χ0n) is 13.4. The van der Waals surface area contributed by atoms with E-state index in [1.807, 2.05) is 62.4 Å². The van der Waals surface area contributed by atoms with Gasteiger partial charge in [-0.3, -0.25) is 0 Å². The maximum atomic E-state index is 9.77. The van der Waals surface area contributed by atoms with Gasteiger partial charge in [-0.25, -0.2) is 0 Å². The lowest BCUT2D eigenvalue weighted by atomic mass is 10.2. The Bertz CT molecular complexity index is 621. The third kappa shape index (κ3) is 4.24. The molecule has 0 amide bonds. The van der Waals surface area contributed by atoms with Gasteiger partial charge < -0.3 is 19.3 Å². The highest BCUT2D eigenvalue weighted by atomic mass is 16.6. The molecule has 0 radical (unpaired) electrons. The Morgan fingerprint density at radius 2 is 1.52 bits per heavy atom. The molecule has 4 nitrogen and oxygen atoms in total. The number of hydrogen-bond donors (Lipinski definition) is 1. The van der Waals surface area contributed by atoms with E-state index in [2.05, 4.69) is 0 Å². The number of aryl methyl sites for hydroxylation is 2. The molecule has 0 aliphatic carbocycles. The predicted octanol–water partition coefficient (Wildman–Crippen LogP) is 3.24. The molecule has 0 bridgehead atoms. The summed E-state index contributed by atoms with van der Waals surface area (Å²) < 4.78 is 17.2. The molecular weight excluding hydrogens is 292 g/mol. The molecule has 2 aromatic rings. The largest absolute Gasteiger partial charge is 0.491 e. The van der Waals surface area contributed by atoms with E-state index < -0.39 is 6.29 Å². The lowest BCUT2D eigenvalue weighted by Crippen LogP contribution is -2.32. The van der Waals surface area contributed by atoms with Crippen molar-refractivity contribution in [3.05, 3.63) is 59.7 Å². The van der Waals surface area contributed by atoms with Crippen LogP contribution >= 0.6 is 0 Å². The molecule has 1 saturated heterocycles. The number of rotatable bonds is 5. The minimum absolute atomic E-state index is 0.224. The Labute approximate surface area is 136 Å². The van der Waals surface area contributed by atoms with Gasteiger partial charge in [0.1, 0.15) is 30.3 Å². The second-order valence-electron chi connectivity index (χ2n) is 5.96. The lowest BCUT2D eigenvalue weighted by Gasteiger charge is -2.20. The topological polar surface area (TPSA) is 47.9 Å². The Kier molecular flexibility index (Phi) is 4.84. The number of hydrogen-bond acceptors (Lipinski definition) is 4. The molecule has 122 valence electrons. The van der Waals surface area contributed by atoms with Crippen LogP contribution in [-0.2, 0) is 4.74 Å². The first-order valence-corrected chi connectivity index (χ1v) is 7.86. The highest BCUT2D eigenvalue weighted by Gasteiger charge is 2.36. The van der Waals surface area contributed by atoms with Crippen molar-refractivity contribution in [3.8, 4) is 11.5 Å². The van der Waals surface area contributed by atoms with Crippen LogP contribution in [0.2, 0.25) is 0 Å². The second-order valence-corrected chi connectivity index (χ2v) is 5.96. The molecule has 1 heterocycles. The smallest absolute Gasteiger partial charge is 0.158 e. The van der Waals surface area contributed by atoms with Gasteiger partial charge in [-0.1, -0.05) is 35.4 Å². The monoisotopic (exact) mass is 314 g/mol. The maximum absolute atomic E-state index is 9.77. The summed E-state index contributed by atoms with van der Waals surface area (Å²) in [5.74, 6) is 1.56. The molecule has 1 aliphatic rings.